The van der Waals surface area contributed by atoms with Crippen molar-refractivity contribution >= 4 is 33.6 Å². The molecule has 0 bridgehead atoms. The smallest absolute Gasteiger partial charge is 0.314 e. The van der Waals surface area contributed by atoms with Gasteiger partial charge in [-0.15, -0.1) is 0 Å². The van der Waals surface area contributed by atoms with Crippen LogP contribution in [0.15, 0.2) is 29.2 Å². The number of urea groups is 1. The number of amides is 2. The van der Waals surface area contributed by atoms with Gasteiger partial charge < -0.3 is 15.7 Å². The first-order valence-electron chi connectivity index (χ1n) is 6.80. The van der Waals surface area contributed by atoms with Crippen molar-refractivity contribution < 1.29 is 23.1 Å². The van der Waals surface area contributed by atoms with Gasteiger partial charge in [0.25, 0.3) is 0 Å². The van der Waals surface area contributed by atoms with Gasteiger partial charge in [-0.3, -0.25) is 4.79 Å². The van der Waals surface area contributed by atoms with Gasteiger partial charge in [0.15, 0.2) is 0 Å². The molecule has 10 heteroatoms. The summed E-state index contributed by atoms with van der Waals surface area (Å²) in [5, 5.41) is 13.7. The minimum Gasteiger partial charge on any atom is -0.481 e. The largest absolute Gasteiger partial charge is 0.481 e. The topological polar surface area (TPSA) is 125 Å². The first-order valence-corrected chi connectivity index (χ1v) is 8.66. The quantitative estimate of drug-likeness (QED) is 0.482. The van der Waals surface area contributed by atoms with E-state index in [4.69, 9.17) is 16.7 Å². The second kappa shape index (κ2) is 9.33. The fraction of sp³-hybridized carbons (Fsp3) is 0.385. The number of carboxylic acids is 1. The molecule has 23 heavy (non-hydrogen) atoms. The second-order valence-corrected chi connectivity index (χ2v) is 6.74. The standard InChI is InChI=1S/C13H18ClN3O5S/c14-10-3-1-4-11(9-10)23(21,22)17-8-7-16-13(20)15-6-2-5-12(18)19/h1,3-4,9,17H,2,5-8H2,(H,18,19)(H2,15,16,20). The maximum atomic E-state index is 12.0. The highest BCUT2D eigenvalue weighted by Crippen LogP contribution is 2.14. The SMILES string of the molecule is O=C(O)CCCNC(=O)NCCNS(=O)(=O)c1cccc(Cl)c1. The molecule has 1 aromatic carbocycles. The summed E-state index contributed by atoms with van der Waals surface area (Å²) in [7, 11) is -3.68. The average Bonchev–Trinajstić information content (AvgIpc) is 2.48. The molecule has 0 saturated heterocycles. The summed E-state index contributed by atoms with van der Waals surface area (Å²) in [6, 6.07) is 5.34. The first kappa shape index (κ1) is 19.2. The van der Waals surface area contributed by atoms with Gasteiger partial charge in [-0.1, -0.05) is 17.7 Å². The Morgan fingerprint density at radius 1 is 1.13 bits per heavy atom. The van der Waals surface area contributed by atoms with Crippen molar-refractivity contribution in [2.75, 3.05) is 19.6 Å². The van der Waals surface area contributed by atoms with Gasteiger partial charge in [-0.2, -0.15) is 0 Å². The van der Waals surface area contributed by atoms with E-state index in [9.17, 15) is 18.0 Å². The molecule has 1 aromatic rings. The third kappa shape index (κ3) is 7.82. The molecule has 8 nitrogen and oxygen atoms in total. The van der Waals surface area contributed by atoms with Crippen molar-refractivity contribution in [3.63, 3.8) is 0 Å². The van der Waals surface area contributed by atoms with Crippen LogP contribution < -0.4 is 15.4 Å². The van der Waals surface area contributed by atoms with E-state index in [2.05, 4.69) is 15.4 Å². The lowest BCUT2D eigenvalue weighted by molar-refractivity contribution is -0.137. The van der Waals surface area contributed by atoms with Crippen LogP contribution in [-0.4, -0.2) is 45.2 Å². The molecule has 1 rings (SSSR count). The predicted molar refractivity (Wildman–Crippen MR) is 84.9 cm³/mol. The lowest BCUT2D eigenvalue weighted by Gasteiger charge is -2.09. The summed E-state index contributed by atoms with van der Waals surface area (Å²) < 4.78 is 26.2. The van der Waals surface area contributed by atoms with E-state index >= 15 is 0 Å². The summed E-state index contributed by atoms with van der Waals surface area (Å²) in [4.78, 5) is 21.7. The zero-order valence-electron chi connectivity index (χ0n) is 12.2. The molecule has 0 radical (unpaired) electrons. The van der Waals surface area contributed by atoms with Crippen LogP contribution in [0.3, 0.4) is 0 Å². The predicted octanol–water partition coefficient (Wildman–Crippen LogP) is 0.782. The molecule has 0 fully saturated rings. The summed E-state index contributed by atoms with van der Waals surface area (Å²) >= 11 is 5.74. The molecule has 0 atom stereocenters. The molecule has 2 amide bonds. The Kier molecular flexibility index (Phi) is 7.79. The molecule has 0 aliphatic rings. The number of sulfonamides is 1. The maximum absolute atomic E-state index is 12.0. The van der Waals surface area contributed by atoms with Crippen molar-refractivity contribution in [2.45, 2.75) is 17.7 Å². The number of halogens is 1. The third-order valence-electron chi connectivity index (χ3n) is 2.66. The number of benzene rings is 1. The van der Waals surface area contributed by atoms with Crippen LogP contribution in [0, 0.1) is 0 Å². The highest BCUT2D eigenvalue weighted by molar-refractivity contribution is 7.89. The number of hydrogen-bond acceptors (Lipinski definition) is 4. The maximum Gasteiger partial charge on any atom is 0.314 e. The Bertz CT molecular complexity index is 651. The van der Waals surface area contributed by atoms with Crippen LogP contribution in [0.25, 0.3) is 0 Å². The summed E-state index contributed by atoms with van der Waals surface area (Å²) in [5.74, 6) is -0.928. The molecule has 0 aliphatic carbocycles. The van der Waals surface area contributed by atoms with Gasteiger partial charge in [0, 0.05) is 31.1 Å². The van der Waals surface area contributed by atoms with Gasteiger partial charge in [0.2, 0.25) is 10.0 Å². The van der Waals surface area contributed by atoms with Crippen LogP contribution >= 0.6 is 11.6 Å². The van der Waals surface area contributed by atoms with E-state index in [-0.39, 0.29) is 31.0 Å². The van der Waals surface area contributed by atoms with Gasteiger partial charge in [-0.25, -0.2) is 17.9 Å². The minimum absolute atomic E-state index is 0.0113. The molecule has 0 saturated carbocycles. The number of carbonyl (C=O) groups is 2. The van der Waals surface area contributed by atoms with Crippen molar-refractivity contribution in [1.82, 2.24) is 15.4 Å². The van der Waals surface area contributed by atoms with Crippen LogP contribution in [0.4, 0.5) is 4.79 Å². The van der Waals surface area contributed by atoms with E-state index in [1.54, 1.807) is 6.07 Å². The Morgan fingerprint density at radius 3 is 2.48 bits per heavy atom. The first-order chi connectivity index (χ1) is 10.8. The van der Waals surface area contributed by atoms with Crippen molar-refractivity contribution in [3.05, 3.63) is 29.3 Å². The molecule has 0 spiro atoms. The number of carboxylic acid groups (broad SMARTS) is 1. The lowest BCUT2D eigenvalue weighted by Crippen LogP contribution is -2.40. The average molecular weight is 364 g/mol. The molecule has 4 N–H and O–H groups in total. The zero-order chi connectivity index (χ0) is 17.3. The van der Waals surface area contributed by atoms with Crippen molar-refractivity contribution in [2.24, 2.45) is 0 Å². The number of hydrogen-bond donors (Lipinski definition) is 4. The van der Waals surface area contributed by atoms with E-state index in [0.717, 1.165) is 0 Å². The molecular formula is C13H18ClN3O5S. The highest BCUT2D eigenvalue weighted by atomic mass is 35.5. The van der Waals surface area contributed by atoms with Gasteiger partial charge in [0.1, 0.15) is 0 Å². The summed E-state index contributed by atoms with van der Waals surface area (Å²) in [6.07, 6.45) is 0.295. The number of rotatable bonds is 9. The normalized spacial score (nSPS) is 11.0. The molecule has 0 unspecified atom stereocenters. The van der Waals surface area contributed by atoms with E-state index in [1.807, 2.05) is 0 Å². The van der Waals surface area contributed by atoms with Crippen molar-refractivity contribution in [3.8, 4) is 0 Å². The fourth-order valence-electron chi connectivity index (χ4n) is 1.58. The number of nitrogens with one attached hydrogen (secondary N) is 3. The second-order valence-electron chi connectivity index (χ2n) is 4.54. The molecule has 0 heterocycles. The highest BCUT2D eigenvalue weighted by Gasteiger charge is 2.13. The molecular weight excluding hydrogens is 346 g/mol. The number of carbonyl (C=O) groups excluding carboxylic acids is 1. The van der Waals surface area contributed by atoms with E-state index in [1.165, 1.54) is 18.2 Å². The van der Waals surface area contributed by atoms with Gasteiger partial charge in [0.05, 0.1) is 4.90 Å². The lowest BCUT2D eigenvalue weighted by atomic mass is 10.3. The number of aliphatic carboxylic acids is 1. The third-order valence-corrected chi connectivity index (χ3v) is 4.36. The minimum atomic E-state index is -3.68. The van der Waals surface area contributed by atoms with E-state index < -0.39 is 22.0 Å². The van der Waals surface area contributed by atoms with Gasteiger partial charge in [-0.05, 0) is 24.6 Å². The Morgan fingerprint density at radius 2 is 1.83 bits per heavy atom. The fourth-order valence-corrected chi connectivity index (χ4v) is 2.92. The Hall–Kier alpha value is -1.84. The van der Waals surface area contributed by atoms with Crippen molar-refractivity contribution in [1.29, 1.82) is 0 Å². The van der Waals surface area contributed by atoms with Crippen LogP contribution in [0.5, 0.6) is 0 Å². The zero-order valence-corrected chi connectivity index (χ0v) is 13.8. The van der Waals surface area contributed by atoms with Gasteiger partial charge >= 0.3 is 12.0 Å². The molecule has 128 valence electrons. The van der Waals surface area contributed by atoms with Crippen LogP contribution in [0.1, 0.15) is 12.8 Å². The Labute approximate surface area is 139 Å². The molecule has 0 aromatic heterocycles. The molecule has 0 aliphatic heterocycles. The van der Waals surface area contributed by atoms with Crippen LogP contribution in [-0.2, 0) is 14.8 Å². The summed E-state index contributed by atoms with van der Waals surface area (Å²) in [5.41, 5.74) is 0. The van der Waals surface area contributed by atoms with Crippen LogP contribution in [0.2, 0.25) is 5.02 Å². The Balaban J connectivity index is 2.26. The monoisotopic (exact) mass is 363 g/mol. The summed E-state index contributed by atoms with van der Waals surface area (Å²) in [6.45, 7) is 0.328. The van der Waals surface area contributed by atoms with E-state index in [0.29, 0.717) is 11.4 Å².